The molecule has 0 aliphatic carbocycles. The first-order valence-electron chi connectivity index (χ1n) is 7.88. The zero-order valence-electron chi connectivity index (χ0n) is 13.4. The molecule has 0 saturated heterocycles. The number of fused-ring (bicyclic) bond motifs is 1. The van der Waals surface area contributed by atoms with E-state index in [4.69, 9.17) is 4.74 Å². The normalized spacial score (nSPS) is 14.4. The summed E-state index contributed by atoms with van der Waals surface area (Å²) in [6.07, 6.45) is 0.291. The van der Waals surface area contributed by atoms with E-state index in [1.54, 1.807) is 24.3 Å². The molecular formula is C19H16BrNO4. The highest BCUT2D eigenvalue weighted by Crippen LogP contribution is 2.23. The van der Waals surface area contributed by atoms with Crippen molar-refractivity contribution in [2.24, 2.45) is 0 Å². The van der Waals surface area contributed by atoms with E-state index < -0.39 is 10.8 Å². The lowest BCUT2D eigenvalue weighted by atomic mass is 10.1. The third-order valence-corrected chi connectivity index (χ3v) is 4.80. The fourth-order valence-electron chi connectivity index (χ4n) is 2.62. The van der Waals surface area contributed by atoms with Crippen molar-refractivity contribution in [2.45, 2.75) is 17.9 Å². The lowest BCUT2D eigenvalue weighted by Crippen LogP contribution is -2.33. The van der Waals surface area contributed by atoms with E-state index in [1.165, 1.54) is 4.90 Å². The molecule has 1 atom stereocenters. The summed E-state index contributed by atoms with van der Waals surface area (Å²) in [5.74, 6) is -1.06. The van der Waals surface area contributed by atoms with Crippen LogP contribution in [0, 0.1) is 0 Å². The SMILES string of the molecule is O=C(OCc1ccccc1)C(Br)CCN1C(=O)c2ccccc2C1=O. The number of ether oxygens (including phenoxy) is 1. The van der Waals surface area contributed by atoms with E-state index in [0.29, 0.717) is 17.5 Å². The molecule has 2 amide bonds. The lowest BCUT2D eigenvalue weighted by molar-refractivity contribution is -0.144. The van der Waals surface area contributed by atoms with Crippen LogP contribution in [-0.4, -0.2) is 34.1 Å². The topological polar surface area (TPSA) is 63.7 Å². The second-order valence-corrected chi connectivity index (χ2v) is 6.76. The summed E-state index contributed by atoms with van der Waals surface area (Å²) < 4.78 is 5.25. The molecule has 25 heavy (non-hydrogen) atoms. The first-order chi connectivity index (χ1) is 12.1. The minimum absolute atomic E-state index is 0.155. The van der Waals surface area contributed by atoms with Gasteiger partial charge in [-0.3, -0.25) is 19.3 Å². The van der Waals surface area contributed by atoms with Gasteiger partial charge >= 0.3 is 5.97 Å². The average molecular weight is 402 g/mol. The van der Waals surface area contributed by atoms with Crippen LogP contribution in [0.25, 0.3) is 0 Å². The van der Waals surface area contributed by atoms with Gasteiger partial charge in [-0.05, 0) is 24.1 Å². The highest BCUT2D eigenvalue weighted by Gasteiger charge is 2.35. The smallest absolute Gasteiger partial charge is 0.320 e. The number of benzene rings is 2. The van der Waals surface area contributed by atoms with Gasteiger partial charge in [0.15, 0.2) is 0 Å². The van der Waals surface area contributed by atoms with Crippen molar-refractivity contribution in [1.29, 1.82) is 0 Å². The number of hydrogen-bond acceptors (Lipinski definition) is 4. The van der Waals surface area contributed by atoms with Crippen molar-refractivity contribution in [1.82, 2.24) is 4.90 Å². The number of amides is 2. The standard InChI is InChI=1S/C19H16BrNO4/c20-16(19(24)25-12-13-6-2-1-3-7-13)10-11-21-17(22)14-8-4-5-9-15(14)18(21)23/h1-9,16H,10-12H2. The van der Waals surface area contributed by atoms with Gasteiger partial charge in [-0.25, -0.2) is 0 Å². The summed E-state index contributed by atoms with van der Waals surface area (Å²) in [4.78, 5) is 37.2. The van der Waals surface area contributed by atoms with Crippen molar-refractivity contribution in [3.8, 4) is 0 Å². The molecule has 2 aromatic carbocycles. The Morgan fingerprint density at radius 1 is 0.960 bits per heavy atom. The van der Waals surface area contributed by atoms with Gasteiger partial charge in [-0.2, -0.15) is 0 Å². The summed E-state index contributed by atoms with van der Waals surface area (Å²) in [6, 6.07) is 16.1. The van der Waals surface area contributed by atoms with E-state index in [0.717, 1.165) is 5.56 Å². The number of alkyl halides is 1. The number of carbonyl (C=O) groups excluding carboxylic acids is 3. The Balaban J connectivity index is 1.52. The number of rotatable bonds is 6. The van der Waals surface area contributed by atoms with Crippen LogP contribution in [0.3, 0.4) is 0 Å². The molecule has 0 radical (unpaired) electrons. The Bertz CT molecular complexity index is 771. The Labute approximate surface area is 153 Å². The van der Waals surface area contributed by atoms with E-state index in [2.05, 4.69) is 15.9 Å². The van der Waals surface area contributed by atoms with Crippen molar-refractivity contribution in [3.05, 3.63) is 71.3 Å². The monoisotopic (exact) mass is 401 g/mol. The summed E-state index contributed by atoms with van der Waals surface area (Å²) in [5.41, 5.74) is 1.71. The van der Waals surface area contributed by atoms with Gasteiger partial charge in [0, 0.05) is 6.54 Å². The second kappa shape index (κ2) is 7.61. The van der Waals surface area contributed by atoms with Crippen molar-refractivity contribution < 1.29 is 19.1 Å². The van der Waals surface area contributed by atoms with Crippen LogP contribution in [0.5, 0.6) is 0 Å². The van der Waals surface area contributed by atoms with Gasteiger partial charge in [0.2, 0.25) is 0 Å². The van der Waals surface area contributed by atoms with Gasteiger partial charge in [-0.15, -0.1) is 0 Å². The Hall–Kier alpha value is -2.47. The van der Waals surface area contributed by atoms with Crippen molar-refractivity contribution >= 4 is 33.7 Å². The molecule has 1 heterocycles. The van der Waals surface area contributed by atoms with Crippen LogP contribution in [0.1, 0.15) is 32.7 Å². The molecule has 6 heteroatoms. The Kier molecular flexibility index (Phi) is 5.28. The maximum atomic E-state index is 12.3. The molecule has 2 aromatic rings. The molecule has 0 saturated carbocycles. The van der Waals surface area contributed by atoms with E-state index >= 15 is 0 Å². The quantitative estimate of drug-likeness (QED) is 0.423. The van der Waals surface area contributed by atoms with Crippen LogP contribution in [0.4, 0.5) is 0 Å². The molecule has 1 unspecified atom stereocenters. The van der Waals surface area contributed by atoms with E-state index in [-0.39, 0.29) is 25.0 Å². The summed E-state index contributed by atoms with van der Waals surface area (Å²) in [5, 5.41) is 0. The summed E-state index contributed by atoms with van der Waals surface area (Å²) >= 11 is 3.28. The molecule has 128 valence electrons. The van der Waals surface area contributed by atoms with E-state index in [9.17, 15) is 14.4 Å². The minimum atomic E-state index is -0.583. The Morgan fingerprint density at radius 3 is 2.12 bits per heavy atom. The molecule has 5 nitrogen and oxygen atoms in total. The van der Waals surface area contributed by atoms with Crippen LogP contribution >= 0.6 is 15.9 Å². The molecule has 3 rings (SSSR count). The molecule has 0 bridgehead atoms. The highest BCUT2D eigenvalue weighted by molar-refractivity contribution is 9.10. The van der Waals surface area contributed by atoms with Gasteiger partial charge in [0.1, 0.15) is 11.4 Å². The van der Waals surface area contributed by atoms with Gasteiger partial charge in [0.05, 0.1) is 11.1 Å². The minimum Gasteiger partial charge on any atom is -0.460 e. The van der Waals surface area contributed by atoms with Crippen LogP contribution in [-0.2, 0) is 16.1 Å². The third kappa shape index (κ3) is 3.79. The summed E-state index contributed by atoms with van der Waals surface area (Å²) in [6.45, 7) is 0.345. The molecule has 1 aliphatic heterocycles. The molecular weight excluding hydrogens is 386 g/mol. The largest absolute Gasteiger partial charge is 0.460 e. The number of halogens is 1. The number of imide groups is 1. The molecule has 0 fully saturated rings. The number of nitrogens with zero attached hydrogens (tertiary/aromatic N) is 1. The fourth-order valence-corrected chi connectivity index (χ4v) is 2.96. The number of esters is 1. The van der Waals surface area contributed by atoms with Crippen molar-refractivity contribution in [2.75, 3.05) is 6.54 Å². The maximum Gasteiger partial charge on any atom is 0.320 e. The Morgan fingerprint density at radius 2 is 1.52 bits per heavy atom. The van der Waals surface area contributed by atoms with Gasteiger partial charge < -0.3 is 4.74 Å². The van der Waals surface area contributed by atoms with E-state index in [1.807, 2.05) is 30.3 Å². The maximum absolute atomic E-state index is 12.3. The van der Waals surface area contributed by atoms with Gasteiger partial charge in [0.25, 0.3) is 11.8 Å². The lowest BCUT2D eigenvalue weighted by Gasteiger charge is -2.16. The first kappa shape index (κ1) is 17.4. The van der Waals surface area contributed by atoms with Crippen LogP contribution < -0.4 is 0 Å². The molecule has 0 aromatic heterocycles. The zero-order chi connectivity index (χ0) is 17.8. The third-order valence-electron chi connectivity index (χ3n) is 3.96. The summed E-state index contributed by atoms with van der Waals surface area (Å²) in [7, 11) is 0. The van der Waals surface area contributed by atoms with Crippen LogP contribution in [0.15, 0.2) is 54.6 Å². The molecule has 1 aliphatic rings. The zero-order valence-corrected chi connectivity index (χ0v) is 14.9. The van der Waals surface area contributed by atoms with Crippen LogP contribution in [0.2, 0.25) is 0 Å². The molecule has 0 N–H and O–H groups in total. The number of hydrogen-bond donors (Lipinski definition) is 0. The predicted molar refractivity (Wildman–Crippen MR) is 95.4 cm³/mol. The van der Waals surface area contributed by atoms with Gasteiger partial charge in [-0.1, -0.05) is 58.4 Å². The first-order valence-corrected chi connectivity index (χ1v) is 8.79. The highest BCUT2D eigenvalue weighted by atomic mass is 79.9. The average Bonchev–Trinajstić information content (AvgIpc) is 2.89. The van der Waals surface area contributed by atoms with Crippen molar-refractivity contribution in [3.63, 3.8) is 0 Å². The predicted octanol–water partition coefficient (Wildman–Crippen LogP) is 3.18. The molecule has 0 spiro atoms. The number of carbonyl (C=O) groups is 3. The fraction of sp³-hybridized carbons (Fsp3) is 0.211. The second-order valence-electron chi connectivity index (χ2n) is 5.66.